The Balaban J connectivity index is 0.00000100. The Morgan fingerprint density at radius 2 is 1.54 bits per heavy atom. The number of likely N-dealkylation sites (tertiary alicyclic amines) is 1. The van der Waals surface area contributed by atoms with Crippen LogP contribution in [0.25, 0.3) is 0 Å². The molecule has 2 heteroatoms. The molecule has 3 rings (SSSR count). The monoisotopic (exact) mass is 325 g/mol. The third-order valence-corrected chi connectivity index (χ3v) is 4.83. The second kappa shape index (κ2) is 9.61. The summed E-state index contributed by atoms with van der Waals surface area (Å²) in [5, 5.41) is 10.4. The third-order valence-electron chi connectivity index (χ3n) is 4.83. The quantitative estimate of drug-likeness (QED) is 0.861. The Hall–Kier alpha value is -1.64. The molecule has 0 aliphatic carbocycles. The highest BCUT2D eigenvalue weighted by molar-refractivity contribution is 5.23. The zero-order chi connectivity index (χ0) is 17.4. The van der Waals surface area contributed by atoms with Crippen molar-refractivity contribution in [1.82, 2.24) is 4.90 Å². The summed E-state index contributed by atoms with van der Waals surface area (Å²) in [7, 11) is 0. The molecule has 24 heavy (non-hydrogen) atoms. The maximum Gasteiger partial charge on any atom is 0.0584 e. The standard InChI is InChI=1S/C20H25NO.C2H6/c1-2-20(22)19-15-21(13-16-9-5-3-6-10-16)14-18(19)17-11-7-4-8-12-17;1-2/h3-12,18-20,22H,2,13-15H2,1H3;1-2H3/t18-,19+,20+;/m1./s1. The summed E-state index contributed by atoms with van der Waals surface area (Å²) in [5.74, 6) is 0.760. The molecule has 0 saturated carbocycles. The van der Waals surface area contributed by atoms with Gasteiger partial charge in [-0.15, -0.1) is 0 Å². The highest BCUT2D eigenvalue weighted by Gasteiger charge is 2.37. The molecule has 0 aromatic heterocycles. The van der Waals surface area contributed by atoms with Crippen molar-refractivity contribution in [3.05, 3.63) is 71.8 Å². The van der Waals surface area contributed by atoms with Crippen molar-refractivity contribution < 1.29 is 5.11 Å². The minimum atomic E-state index is -0.217. The van der Waals surface area contributed by atoms with Gasteiger partial charge >= 0.3 is 0 Å². The lowest BCUT2D eigenvalue weighted by molar-refractivity contribution is 0.0990. The number of rotatable bonds is 5. The van der Waals surface area contributed by atoms with Crippen molar-refractivity contribution in [2.75, 3.05) is 13.1 Å². The van der Waals surface area contributed by atoms with Gasteiger partial charge in [-0.2, -0.15) is 0 Å². The molecule has 0 bridgehead atoms. The van der Waals surface area contributed by atoms with Gasteiger partial charge in [0, 0.05) is 31.5 Å². The Bertz CT molecular complexity index is 569. The first-order chi connectivity index (χ1) is 11.8. The molecule has 1 fully saturated rings. The molecule has 2 aromatic rings. The summed E-state index contributed by atoms with van der Waals surface area (Å²) in [6, 6.07) is 21.3. The van der Waals surface area contributed by atoms with Gasteiger partial charge in [0.1, 0.15) is 0 Å². The molecule has 1 saturated heterocycles. The van der Waals surface area contributed by atoms with Crippen LogP contribution in [-0.2, 0) is 6.54 Å². The summed E-state index contributed by atoms with van der Waals surface area (Å²) < 4.78 is 0. The van der Waals surface area contributed by atoms with Gasteiger partial charge in [0.25, 0.3) is 0 Å². The average Bonchev–Trinajstić information content (AvgIpc) is 3.08. The molecule has 130 valence electrons. The lowest BCUT2D eigenvalue weighted by Gasteiger charge is -2.23. The second-order valence-corrected chi connectivity index (χ2v) is 6.34. The average molecular weight is 325 g/mol. The van der Waals surface area contributed by atoms with Crippen LogP contribution >= 0.6 is 0 Å². The molecule has 1 aliphatic rings. The van der Waals surface area contributed by atoms with Crippen LogP contribution in [0.2, 0.25) is 0 Å². The zero-order valence-corrected chi connectivity index (χ0v) is 15.2. The van der Waals surface area contributed by atoms with Crippen molar-refractivity contribution in [3.8, 4) is 0 Å². The first kappa shape index (κ1) is 18.7. The van der Waals surface area contributed by atoms with Crippen molar-refractivity contribution >= 4 is 0 Å². The number of benzene rings is 2. The molecule has 1 aliphatic heterocycles. The fourth-order valence-electron chi connectivity index (χ4n) is 3.63. The van der Waals surface area contributed by atoms with Crippen molar-refractivity contribution in [3.63, 3.8) is 0 Å². The van der Waals surface area contributed by atoms with Gasteiger partial charge in [0.05, 0.1) is 6.10 Å². The zero-order valence-electron chi connectivity index (χ0n) is 15.2. The molecule has 0 spiro atoms. The fraction of sp³-hybridized carbons (Fsp3) is 0.455. The Kier molecular flexibility index (Phi) is 7.48. The van der Waals surface area contributed by atoms with Crippen molar-refractivity contribution in [2.24, 2.45) is 5.92 Å². The highest BCUT2D eigenvalue weighted by Crippen LogP contribution is 2.36. The maximum atomic E-state index is 10.4. The van der Waals surface area contributed by atoms with Crippen LogP contribution in [0.1, 0.15) is 44.2 Å². The molecule has 0 unspecified atom stereocenters. The van der Waals surface area contributed by atoms with E-state index in [0.717, 1.165) is 26.1 Å². The topological polar surface area (TPSA) is 23.5 Å². The van der Waals surface area contributed by atoms with E-state index in [1.54, 1.807) is 0 Å². The number of aliphatic hydroxyl groups excluding tert-OH is 1. The van der Waals surface area contributed by atoms with E-state index >= 15 is 0 Å². The van der Waals surface area contributed by atoms with Crippen LogP contribution in [-0.4, -0.2) is 29.2 Å². The molecule has 0 amide bonds. The van der Waals surface area contributed by atoms with Gasteiger partial charge in [-0.05, 0) is 17.5 Å². The predicted octanol–water partition coefficient (Wildman–Crippen LogP) is 4.70. The summed E-state index contributed by atoms with van der Waals surface area (Å²) in [6.07, 6.45) is 0.610. The molecular weight excluding hydrogens is 294 g/mol. The third kappa shape index (κ3) is 4.68. The van der Waals surface area contributed by atoms with Crippen LogP contribution in [0.5, 0.6) is 0 Å². The Labute approximate surface area is 147 Å². The number of hydrogen-bond acceptors (Lipinski definition) is 2. The van der Waals surface area contributed by atoms with Crippen LogP contribution < -0.4 is 0 Å². The summed E-state index contributed by atoms with van der Waals surface area (Å²) >= 11 is 0. The molecule has 1 N–H and O–H groups in total. The van der Waals surface area contributed by atoms with Crippen LogP contribution in [0.15, 0.2) is 60.7 Å². The molecule has 2 nitrogen and oxygen atoms in total. The highest BCUT2D eigenvalue weighted by atomic mass is 16.3. The van der Waals surface area contributed by atoms with Crippen LogP contribution in [0.3, 0.4) is 0 Å². The normalized spacial score (nSPS) is 21.8. The largest absolute Gasteiger partial charge is 0.393 e. The Morgan fingerprint density at radius 1 is 0.958 bits per heavy atom. The van der Waals surface area contributed by atoms with E-state index in [0.29, 0.717) is 11.8 Å². The smallest absolute Gasteiger partial charge is 0.0584 e. The first-order valence-electron chi connectivity index (χ1n) is 9.27. The first-order valence-corrected chi connectivity index (χ1v) is 9.27. The summed E-state index contributed by atoms with van der Waals surface area (Å²) in [5.41, 5.74) is 2.71. The number of hydrogen-bond donors (Lipinski definition) is 1. The van der Waals surface area contributed by atoms with E-state index < -0.39 is 0 Å². The van der Waals surface area contributed by atoms with Gasteiger partial charge in [-0.3, -0.25) is 4.90 Å². The number of nitrogens with zero attached hydrogens (tertiary/aromatic N) is 1. The minimum Gasteiger partial charge on any atom is -0.393 e. The fourth-order valence-corrected chi connectivity index (χ4v) is 3.63. The molecular formula is C22H31NO. The number of aliphatic hydroxyl groups is 1. The second-order valence-electron chi connectivity index (χ2n) is 6.34. The van der Waals surface area contributed by atoms with Crippen LogP contribution in [0.4, 0.5) is 0 Å². The van der Waals surface area contributed by atoms with Gasteiger partial charge in [0.2, 0.25) is 0 Å². The van der Waals surface area contributed by atoms with Gasteiger partial charge in [0.15, 0.2) is 0 Å². The molecule has 2 aromatic carbocycles. The lowest BCUT2D eigenvalue weighted by atomic mass is 9.84. The molecule has 3 atom stereocenters. The van der Waals surface area contributed by atoms with Gasteiger partial charge < -0.3 is 5.11 Å². The minimum absolute atomic E-state index is 0.217. The van der Waals surface area contributed by atoms with Crippen LogP contribution in [0, 0.1) is 5.92 Å². The Morgan fingerprint density at radius 3 is 2.12 bits per heavy atom. The summed E-state index contributed by atoms with van der Waals surface area (Å²) in [4.78, 5) is 2.48. The van der Waals surface area contributed by atoms with E-state index in [-0.39, 0.29) is 6.10 Å². The van der Waals surface area contributed by atoms with E-state index in [4.69, 9.17) is 0 Å². The van der Waals surface area contributed by atoms with E-state index in [2.05, 4.69) is 72.5 Å². The van der Waals surface area contributed by atoms with E-state index in [9.17, 15) is 5.11 Å². The van der Waals surface area contributed by atoms with Gasteiger partial charge in [-0.1, -0.05) is 81.4 Å². The predicted molar refractivity (Wildman–Crippen MR) is 102 cm³/mol. The van der Waals surface area contributed by atoms with Crippen molar-refractivity contribution in [1.29, 1.82) is 0 Å². The lowest BCUT2D eigenvalue weighted by Crippen LogP contribution is -2.26. The SMILES string of the molecule is CC.CC[C@H](O)[C@H]1CN(Cc2ccccc2)C[C@@H]1c1ccccc1. The van der Waals surface area contributed by atoms with Gasteiger partial charge in [-0.25, -0.2) is 0 Å². The van der Waals surface area contributed by atoms with E-state index in [1.807, 2.05) is 13.8 Å². The van der Waals surface area contributed by atoms with Crippen molar-refractivity contribution in [2.45, 2.75) is 45.8 Å². The summed E-state index contributed by atoms with van der Waals surface area (Å²) in [6.45, 7) is 9.05. The maximum absolute atomic E-state index is 10.4. The molecule has 1 heterocycles. The molecule has 0 radical (unpaired) electrons. The van der Waals surface area contributed by atoms with E-state index in [1.165, 1.54) is 11.1 Å².